The van der Waals surface area contributed by atoms with E-state index in [1.807, 2.05) is 25.3 Å². The molecule has 1 atom stereocenters. The second-order valence-electron chi connectivity index (χ2n) is 7.03. The van der Waals surface area contributed by atoms with Crippen LogP contribution in [0.5, 0.6) is 5.75 Å². The average molecular weight is 373 g/mol. The van der Waals surface area contributed by atoms with Crippen molar-refractivity contribution in [3.63, 3.8) is 0 Å². The van der Waals surface area contributed by atoms with Crippen LogP contribution >= 0.6 is 0 Å². The number of pyridine rings is 1. The van der Waals surface area contributed by atoms with E-state index in [0.717, 1.165) is 30.7 Å². The maximum atomic E-state index is 7.00. The minimum atomic E-state index is 0.573. The zero-order valence-electron chi connectivity index (χ0n) is 17.6. The second-order valence-corrected chi connectivity index (χ2v) is 7.03. The molecule has 0 saturated carbocycles. The molecule has 150 valence electrons. The molecule has 1 aromatic heterocycles. The predicted molar refractivity (Wildman–Crippen MR) is 115 cm³/mol. The summed E-state index contributed by atoms with van der Waals surface area (Å²) in [4.78, 5) is 7.11. The third kappa shape index (κ3) is 6.96. The standard InChI is InChI=1S/C19H26N2O.C3H6.CH4O/c1-14-7-10-21(11-8-14)15(2)12-16-6-9-20-19-5-4-17(22-3)13-18(16)19;1-3-2;1-2/h4-6,9,13-15H,7-8,10-12H2,1-3H3;3H,1H2,2H3;2H,1H3. The molecule has 0 spiro atoms. The van der Waals surface area contributed by atoms with Crippen molar-refractivity contribution in [2.45, 2.75) is 46.1 Å². The van der Waals surface area contributed by atoms with Crippen LogP contribution in [0.2, 0.25) is 0 Å². The normalized spacial score (nSPS) is 15.8. The number of methoxy groups -OCH3 is 1. The van der Waals surface area contributed by atoms with Crippen molar-refractivity contribution in [2.75, 3.05) is 27.3 Å². The zero-order chi connectivity index (χ0) is 20.2. The van der Waals surface area contributed by atoms with Gasteiger partial charge in [0.05, 0.1) is 12.6 Å². The van der Waals surface area contributed by atoms with E-state index in [9.17, 15) is 0 Å². The van der Waals surface area contributed by atoms with Gasteiger partial charge in [-0.25, -0.2) is 0 Å². The molecule has 4 nitrogen and oxygen atoms in total. The lowest BCUT2D eigenvalue weighted by Gasteiger charge is -2.35. The van der Waals surface area contributed by atoms with Gasteiger partial charge >= 0.3 is 0 Å². The SMILES string of the molecule is C=CC.CO.COc1ccc2nccc(CC(C)N3CCC(C)CC3)c2c1. The number of nitrogens with zero attached hydrogens (tertiary/aromatic N) is 2. The lowest BCUT2D eigenvalue weighted by molar-refractivity contribution is 0.146. The van der Waals surface area contributed by atoms with Crippen molar-refractivity contribution in [3.8, 4) is 5.75 Å². The maximum absolute atomic E-state index is 7.00. The van der Waals surface area contributed by atoms with Crippen LogP contribution in [0.1, 0.15) is 39.2 Å². The third-order valence-electron chi connectivity index (χ3n) is 5.00. The van der Waals surface area contributed by atoms with Gasteiger partial charge in [0.2, 0.25) is 0 Å². The van der Waals surface area contributed by atoms with Gasteiger partial charge in [0.25, 0.3) is 0 Å². The number of likely N-dealkylation sites (tertiary alicyclic amines) is 1. The number of ether oxygens (including phenoxy) is 1. The van der Waals surface area contributed by atoms with E-state index < -0.39 is 0 Å². The summed E-state index contributed by atoms with van der Waals surface area (Å²) in [5.41, 5.74) is 2.42. The number of allylic oxidation sites excluding steroid dienone is 1. The van der Waals surface area contributed by atoms with Crippen molar-refractivity contribution < 1.29 is 9.84 Å². The molecule has 1 N–H and O–H groups in total. The number of aliphatic hydroxyl groups excluding tert-OH is 1. The van der Waals surface area contributed by atoms with Crippen LogP contribution in [0, 0.1) is 5.92 Å². The topological polar surface area (TPSA) is 45.6 Å². The van der Waals surface area contributed by atoms with E-state index in [4.69, 9.17) is 9.84 Å². The van der Waals surface area contributed by atoms with E-state index in [0.29, 0.717) is 6.04 Å². The van der Waals surface area contributed by atoms with Gasteiger partial charge in [0, 0.05) is 24.7 Å². The molecule has 0 aliphatic carbocycles. The number of aliphatic hydroxyl groups is 1. The zero-order valence-corrected chi connectivity index (χ0v) is 17.6. The molecule has 3 rings (SSSR count). The van der Waals surface area contributed by atoms with Gasteiger partial charge in [-0.05, 0) is 81.9 Å². The fraction of sp³-hybridized carbons (Fsp3) is 0.522. The van der Waals surface area contributed by atoms with Gasteiger partial charge in [-0.15, -0.1) is 6.58 Å². The van der Waals surface area contributed by atoms with Crippen LogP contribution < -0.4 is 4.74 Å². The lowest BCUT2D eigenvalue weighted by Crippen LogP contribution is -2.40. The number of piperidine rings is 1. The summed E-state index contributed by atoms with van der Waals surface area (Å²) < 4.78 is 5.37. The summed E-state index contributed by atoms with van der Waals surface area (Å²) in [6, 6.07) is 8.87. The predicted octanol–water partition coefficient (Wildman–Crippen LogP) is 4.71. The van der Waals surface area contributed by atoms with Crippen LogP contribution in [0.25, 0.3) is 10.9 Å². The van der Waals surface area contributed by atoms with Crippen molar-refractivity contribution in [1.29, 1.82) is 0 Å². The van der Waals surface area contributed by atoms with E-state index >= 15 is 0 Å². The molecule has 1 unspecified atom stereocenters. The Morgan fingerprint density at radius 2 is 1.93 bits per heavy atom. The van der Waals surface area contributed by atoms with E-state index in [1.165, 1.54) is 36.9 Å². The van der Waals surface area contributed by atoms with Crippen molar-refractivity contribution in [1.82, 2.24) is 9.88 Å². The smallest absolute Gasteiger partial charge is 0.119 e. The molecule has 2 heterocycles. The number of fused-ring (bicyclic) bond motifs is 1. The maximum Gasteiger partial charge on any atom is 0.119 e. The first kappa shape index (κ1) is 23.1. The highest BCUT2D eigenvalue weighted by molar-refractivity contribution is 5.83. The molecule has 0 radical (unpaired) electrons. The van der Waals surface area contributed by atoms with Gasteiger partial charge in [0.15, 0.2) is 0 Å². The Morgan fingerprint density at radius 3 is 2.52 bits per heavy atom. The number of hydrogen-bond donors (Lipinski definition) is 1. The third-order valence-corrected chi connectivity index (χ3v) is 5.00. The Labute approximate surface area is 164 Å². The highest BCUT2D eigenvalue weighted by Gasteiger charge is 2.21. The molecule has 0 bridgehead atoms. The molecule has 0 amide bonds. The molecule has 1 aliphatic heterocycles. The van der Waals surface area contributed by atoms with Crippen LogP contribution in [-0.2, 0) is 6.42 Å². The monoisotopic (exact) mass is 372 g/mol. The largest absolute Gasteiger partial charge is 0.497 e. The van der Waals surface area contributed by atoms with Crippen LogP contribution in [0.3, 0.4) is 0 Å². The summed E-state index contributed by atoms with van der Waals surface area (Å²) in [6.45, 7) is 12.4. The molecular weight excluding hydrogens is 336 g/mol. The molecule has 27 heavy (non-hydrogen) atoms. The number of aromatic nitrogens is 1. The quantitative estimate of drug-likeness (QED) is 0.790. The molecule has 1 aliphatic rings. The molecule has 2 aromatic rings. The Hall–Kier alpha value is -1.91. The molecular formula is C23H36N2O2. The first-order chi connectivity index (χ1) is 13.1. The molecule has 4 heteroatoms. The Bertz CT molecular complexity index is 679. The van der Waals surface area contributed by atoms with Gasteiger partial charge in [0.1, 0.15) is 5.75 Å². The lowest BCUT2D eigenvalue weighted by atomic mass is 9.95. The summed E-state index contributed by atoms with van der Waals surface area (Å²) in [5, 5.41) is 8.22. The summed E-state index contributed by atoms with van der Waals surface area (Å²) >= 11 is 0. The van der Waals surface area contributed by atoms with Crippen LogP contribution in [0.4, 0.5) is 0 Å². The molecule has 1 saturated heterocycles. The Kier molecular flexibility index (Phi) is 10.7. The van der Waals surface area contributed by atoms with Crippen molar-refractivity contribution >= 4 is 10.9 Å². The number of hydrogen-bond acceptors (Lipinski definition) is 4. The van der Waals surface area contributed by atoms with Gasteiger partial charge in [-0.3, -0.25) is 4.98 Å². The van der Waals surface area contributed by atoms with E-state index in [2.05, 4.69) is 42.4 Å². The Balaban J connectivity index is 0.000000665. The minimum absolute atomic E-state index is 0.573. The minimum Gasteiger partial charge on any atom is -0.497 e. The molecule has 1 aromatic carbocycles. The van der Waals surface area contributed by atoms with Gasteiger partial charge in [-0.2, -0.15) is 0 Å². The van der Waals surface area contributed by atoms with Gasteiger partial charge < -0.3 is 14.7 Å². The first-order valence-corrected chi connectivity index (χ1v) is 9.76. The van der Waals surface area contributed by atoms with Crippen molar-refractivity contribution in [2.24, 2.45) is 5.92 Å². The molecule has 1 fully saturated rings. The number of rotatable bonds is 4. The summed E-state index contributed by atoms with van der Waals surface area (Å²) in [6.07, 6.45) is 7.40. The Morgan fingerprint density at radius 1 is 1.30 bits per heavy atom. The van der Waals surface area contributed by atoms with Crippen LogP contribution in [0.15, 0.2) is 43.1 Å². The fourth-order valence-electron chi connectivity index (χ4n) is 3.40. The van der Waals surface area contributed by atoms with Crippen LogP contribution in [-0.4, -0.2) is 48.3 Å². The van der Waals surface area contributed by atoms with Crippen molar-refractivity contribution in [3.05, 3.63) is 48.7 Å². The second kappa shape index (κ2) is 12.5. The first-order valence-electron chi connectivity index (χ1n) is 9.76. The highest BCUT2D eigenvalue weighted by atomic mass is 16.5. The van der Waals surface area contributed by atoms with E-state index in [1.54, 1.807) is 13.2 Å². The van der Waals surface area contributed by atoms with E-state index in [-0.39, 0.29) is 0 Å². The average Bonchev–Trinajstić information content (AvgIpc) is 2.70. The number of benzene rings is 1. The fourth-order valence-corrected chi connectivity index (χ4v) is 3.40. The summed E-state index contributed by atoms with van der Waals surface area (Å²) in [7, 11) is 2.72. The highest BCUT2D eigenvalue weighted by Crippen LogP contribution is 2.25. The summed E-state index contributed by atoms with van der Waals surface area (Å²) in [5.74, 6) is 1.79. The van der Waals surface area contributed by atoms with Gasteiger partial charge in [-0.1, -0.05) is 13.0 Å².